The second-order valence-corrected chi connectivity index (χ2v) is 6.97. The molecule has 0 spiro atoms. The minimum Gasteiger partial charge on any atom is -0.380 e. The molecule has 3 rings (SSSR count). The zero-order chi connectivity index (χ0) is 18.1. The number of aryl methyl sites for hydroxylation is 1. The number of hydrogen-bond acceptors (Lipinski definition) is 6. The monoisotopic (exact) mass is 347 g/mol. The van der Waals surface area contributed by atoms with Crippen LogP contribution in [-0.4, -0.2) is 50.5 Å². The summed E-state index contributed by atoms with van der Waals surface area (Å²) in [6.07, 6.45) is 2.24. The SMILES string of the molecule is CO[C@@H]1C[C@H](c2nc(C)no2)N(C(=O)c2cnn(CC(C)C)c2C)C1. The Hall–Kier alpha value is -2.22. The third-order valence-electron chi connectivity index (χ3n) is 4.56. The van der Waals surface area contributed by atoms with Gasteiger partial charge in [0, 0.05) is 32.3 Å². The van der Waals surface area contributed by atoms with Crippen LogP contribution in [0.5, 0.6) is 0 Å². The van der Waals surface area contributed by atoms with Crippen LogP contribution in [0, 0.1) is 19.8 Å². The molecule has 3 heterocycles. The maximum atomic E-state index is 13.1. The molecular weight excluding hydrogens is 322 g/mol. The number of aromatic nitrogens is 4. The smallest absolute Gasteiger partial charge is 0.258 e. The van der Waals surface area contributed by atoms with Crippen molar-refractivity contribution in [1.82, 2.24) is 24.8 Å². The molecule has 1 fully saturated rings. The van der Waals surface area contributed by atoms with E-state index in [1.807, 2.05) is 11.6 Å². The molecule has 136 valence electrons. The molecule has 0 N–H and O–H groups in total. The Morgan fingerprint density at radius 2 is 2.20 bits per heavy atom. The van der Waals surface area contributed by atoms with Crippen molar-refractivity contribution in [3.63, 3.8) is 0 Å². The standard InChI is InChI=1S/C17H25N5O3/c1-10(2)8-22-11(3)14(7-18-22)17(23)21-9-13(24-5)6-15(21)16-19-12(4)20-25-16/h7,10,13,15H,6,8-9H2,1-5H3/t13-,15-/m1/s1. The summed E-state index contributed by atoms with van der Waals surface area (Å²) in [7, 11) is 1.65. The number of nitrogens with zero attached hydrogens (tertiary/aromatic N) is 5. The van der Waals surface area contributed by atoms with Crippen LogP contribution in [0.25, 0.3) is 0 Å². The van der Waals surface area contributed by atoms with Gasteiger partial charge in [-0.15, -0.1) is 0 Å². The number of carbonyl (C=O) groups is 1. The van der Waals surface area contributed by atoms with Gasteiger partial charge in [0.2, 0.25) is 5.89 Å². The highest BCUT2D eigenvalue weighted by Gasteiger charge is 2.40. The molecule has 0 aromatic carbocycles. The fourth-order valence-electron chi connectivity index (χ4n) is 3.22. The van der Waals surface area contributed by atoms with Gasteiger partial charge in [-0.05, 0) is 19.8 Å². The molecule has 2 aromatic heterocycles. The summed E-state index contributed by atoms with van der Waals surface area (Å²) in [6.45, 7) is 9.23. The molecule has 2 atom stereocenters. The van der Waals surface area contributed by atoms with E-state index in [4.69, 9.17) is 9.26 Å². The Bertz CT molecular complexity index is 751. The van der Waals surface area contributed by atoms with Crippen LogP contribution in [0.3, 0.4) is 0 Å². The average Bonchev–Trinajstić information content (AvgIpc) is 3.26. The first-order valence-electron chi connectivity index (χ1n) is 8.57. The minimum absolute atomic E-state index is 0.0489. The van der Waals surface area contributed by atoms with Gasteiger partial charge in [0.1, 0.15) is 6.04 Å². The van der Waals surface area contributed by atoms with Crippen molar-refractivity contribution >= 4 is 5.91 Å². The summed E-state index contributed by atoms with van der Waals surface area (Å²) in [4.78, 5) is 19.2. The third-order valence-corrected chi connectivity index (χ3v) is 4.56. The summed E-state index contributed by atoms with van der Waals surface area (Å²) < 4.78 is 12.7. The van der Waals surface area contributed by atoms with Crippen molar-refractivity contribution < 1.29 is 14.1 Å². The molecule has 8 nitrogen and oxygen atoms in total. The van der Waals surface area contributed by atoms with Gasteiger partial charge in [-0.2, -0.15) is 10.1 Å². The van der Waals surface area contributed by atoms with Crippen LogP contribution >= 0.6 is 0 Å². The van der Waals surface area contributed by atoms with Crippen molar-refractivity contribution in [2.45, 2.75) is 52.8 Å². The minimum atomic E-state index is -0.272. The van der Waals surface area contributed by atoms with E-state index in [0.717, 1.165) is 12.2 Å². The molecule has 1 aliphatic heterocycles. The predicted octanol–water partition coefficient (Wildman–Crippen LogP) is 2.14. The highest BCUT2D eigenvalue weighted by atomic mass is 16.5. The van der Waals surface area contributed by atoms with E-state index in [0.29, 0.717) is 36.2 Å². The van der Waals surface area contributed by atoms with E-state index in [1.165, 1.54) is 0 Å². The first kappa shape index (κ1) is 17.6. The van der Waals surface area contributed by atoms with Gasteiger partial charge in [0.25, 0.3) is 5.91 Å². The first-order chi connectivity index (χ1) is 11.9. The van der Waals surface area contributed by atoms with Gasteiger partial charge in [0.05, 0.1) is 17.9 Å². The Morgan fingerprint density at radius 3 is 2.80 bits per heavy atom. The van der Waals surface area contributed by atoms with Gasteiger partial charge in [-0.25, -0.2) is 0 Å². The Balaban J connectivity index is 1.87. The van der Waals surface area contributed by atoms with Gasteiger partial charge in [-0.3, -0.25) is 9.48 Å². The number of ether oxygens (including phenoxy) is 1. The van der Waals surface area contributed by atoms with Crippen LogP contribution in [0.4, 0.5) is 0 Å². The number of likely N-dealkylation sites (tertiary alicyclic amines) is 1. The zero-order valence-electron chi connectivity index (χ0n) is 15.4. The van der Waals surface area contributed by atoms with E-state index >= 15 is 0 Å². The van der Waals surface area contributed by atoms with Crippen molar-refractivity contribution in [2.75, 3.05) is 13.7 Å². The lowest BCUT2D eigenvalue weighted by Gasteiger charge is -2.21. The maximum absolute atomic E-state index is 13.1. The molecule has 0 aliphatic carbocycles. The van der Waals surface area contributed by atoms with Crippen molar-refractivity contribution in [3.05, 3.63) is 29.2 Å². The lowest BCUT2D eigenvalue weighted by atomic mass is 10.1. The number of hydrogen-bond donors (Lipinski definition) is 0. The van der Waals surface area contributed by atoms with Gasteiger partial charge in [-0.1, -0.05) is 19.0 Å². The molecule has 1 aliphatic rings. The largest absolute Gasteiger partial charge is 0.380 e. The van der Waals surface area contributed by atoms with Crippen LogP contribution in [0.2, 0.25) is 0 Å². The molecule has 0 saturated carbocycles. The molecule has 8 heteroatoms. The normalized spacial score (nSPS) is 20.6. The van der Waals surface area contributed by atoms with Crippen LogP contribution in [0.15, 0.2) is 10.7 Å². The summed E-state index contributed by atoms with van der Waals surface area (Å²) in [6, 6.07) is -0.272. The van der Waals surface area contributed by atoms with Crippen LogP contribution in [0.1, 0.15) is 54.1 Å². The van der Waals surface area contributed by atoms with Gasteiger partial charge >= 0.3 is 0 Å². The first-order valence-corrected chi connectivity index (χ1v) is 8.57. The number of amides is 1. The molecule has 1 amide bonds. The molecule has 0 bridgehead atoms. The zero-order valence-corrected chi connectivity index (χ0v) is 15.4. The summed E-state index contributed by atoms with van der Waals surface area (Å²) in [5.41, 5.74) is 1.48. The Labute approximate surface area is 147 Å². The molecule has 0 unspecified atom stereocenters. The predicted molar refractivity (Wildman–Crippen MR) is 90.0 cm³/mol. The highest BCUT2D eigenvalue weighted by Crippen LogP contribution is 2.34. The number of methoxy groups -OCH3 is 1. The lowest BCUT2D eigenvalue weighted by Crippen LogP contribution is -2.32. The van der Waals surface area contributed by atoms with E-state index in [1.54, 1.807) is 25.1 Å². The number of rotatable bonds is 5. The van der Waals surface area contributed by atoms with E-state index in [2.05, 4.69) is 29.1 Å². The summed E-state index contributed by atoms with van der Waals surface area (Å²) in [5.74, 6) is 1.40. The van der Waals surface area contributed by atoms with E-state index in [9.17, 15) is 4.79 Å². The van der Waals surface area contributed by atoms with Crippen LogP contribution in [-0.2, 0) is 11.3 Å². The summed E-state index contributed by atoms with van der Waals surface area (Å²) in [5, 5.41) is 8.23. The summed E-state index contributed by atoms with van der Waals surface area (Å²) >= 11 is 0. The Morgan fingerprint density at radius 1 is 1.44 bits per heavy atom. The highest BCUT2D eigenvalue weighted by molar-refractivity contribution is 5.95. The van der Waals surface area contributed by atoms with Crippen molar-refractivity contribution in [1.29, 1.82) is 0 Å². The second kappa shape index (κ2) is 6.95. The second-order valence-electron chi connectivity index (χ2n) is 6.97. The van der Waals surface area contributed by atoms with Crippen molar-refractivity contribution in [3.8, 4) is 0 Å². The van der Waals surface area contributed by atoms with Crippen LogP contribution < -0.4 is 0 Å². The molecule has 25 heavy (non-hydrogen) atoms. The van der Waals surface area contributed by atoms with Gasteiger partial charge in [0.15, 0.2) is 5.82 Å². The maximum Gasteiger partial charge on any atom is 0.258 e. The number of carbonyl (C=O) groups excluding carboxylic acids is 1. The lowest BCUT2D eigenvalue weighted by molar-refractivity contribution is 0.0670. The third kappa shape index (κ3) is 3.44. The molecule has 2 aromatic rings. The van der Waals surface area contributed by atoms with Crippen molar-refractivity contribution in [2.24, 2.45) is 5.92 Å². The van der Waals surface area contributed by atoms with E-state index < -0.39 is 0 Å². The molecule has 0 radical (unpaired) electrons. The topological polar surface area (TPSA) is 86.3 Å². The van der Waals surface area contributed by atoms with Gasteiger partial charge < -0.3 is 14.2 Å². The molecular formula is C17H25N5O3. The quantitative estimate of drug-likeness (QED) is 0.824. The Kier molecular flexibility index (Phi) is 4.89. The fourth-order valence-corrected chi connectivity index (χ4v) is 3.22. The molecule has 1 saturated heterocycles. The average molecular weight is 347 g/mol. The van der Waals surface area contributed by atoms with E-state index in [-0.39, 0.29) is 18.1 Å². The fraction of sp³-hybridized carbons (Fsp3) is 0.647.